The average molecular weight is 199 g/mol. The second-order valence-electron chi connectivity index (χ2n) is 2.86. The lowest BCUT2D eigenvalue weighted by Crippen LogP contribution is -2.24. The number of aliphatic hydroxyl groups excluding tert-OH is 1. The Hall–Kier alpha value is -0.910. The number of rotatable bonds is 8. The summed E-state index contributed by atoms with van der Waals surface area (Å²) in [4.78, 5) is 0. The van der Waals surface area contributed by atoms with E-state index in [1.807, 2.05) is 16.9 Å². The maximum Gasteiger partial charge on any atom is 0.0698 e. The van der Waals surface area contributed by atoms with E-state index in [0.717, 1.165) is 19.6 Å². The van der Waals surface area contributed by atoms with Crippen molar-refractivity contribution in [2.45, 2.75) is 6.54 Å². The minimum Gasteiger partial charge on any atom is -0.394 e. The Bertz CT molecular complexity index is 214. The quantitative estimate of drug-likeness (QED) is 0.553. The molecule has 1 rings (SSSR count). The zero-order valence-corrected chi connectivity index (χ0v) is 8.22. The SMILES string of the molecule is OCCOCCNCCn1cccn1. The molecule has 0 bridgehead atoms. The molecule has 14 heavy (non-hydrogen) atoms. The van der Waals surface area contributed by atoms with E-state index in [1.165, 1.54) is 0 Å². The van der Waals surface area contributed by atoms with Gasteiger partial charge in [-0.25, -0.2) is 0 Å². The number of hydrogen-bond donors (Lipinski definition) is 2. The van der Waals surface area contributed by atoms with Gasteiger partial charge in [-0.15, -0.1) is 0 Å². The van der Waals surface area contributed by atoms with Gasteiger partial charge in [0.1, 0.15) is 0 Å². The summed E-state index contributed by atoms with van der Waals surface area (Å²) in [6.45, 7) is 3.70. The summed E-state index contributed by atoms with van der Waals surface area (Å²) in [5, 5.41) is 15.7. The molecule has 5 nitrogen and oxygen atoms in total. The summed E-state index contributed by atoms with van der Waals surface area (Å²) in [5.41, 5.74) is 0. The van der Waals surface area contributed by atoms with E-state index in [2.05, 4.69) is 10.4 Å². The van der Waals surface area contributed by atoms with Gasteiger partial charge in [0.15, 0.2) is 0 Å². The fourth-order valence-corrected chi connectivity index (χ4v) is 1.06. The Balaban J connectivity index is 1.85. The highest BCUT2D eigenvalue weighted by atomic mass is 16.5. The fraction of sp³-hybridized carbons (Fsp3) is 0.667. The molecule has 5 heteroatoms. The fourth-order valence-electron chi connectivity index (χ4n) is 1.06. The van der Waals surface area contributed by atoms with Gasteiger partial charge < -0.3 is 15.2 Å². The van der Waals surface area contributed by atoms with E-state index in [1.54, 1.807) is 6.20 Å². The van der Waals surface area contributed by atoms with Gasteiger partial charge in [0, 0.05) is 25.5 Å². The van der Waals surface area contributed by atoms with Gasteiger partial charge in [-0.3, -0.25) is 4.68 Å². The standard InChI is InChI=1S/C9H17N3O2/c13-7-9-14-8-4-10-3-6-12-5-1-2-11-12/h1-2,5,10,13H,3-4,6-9H2. The third-order valence-electron chi connectivity index (χ3n) is 1.74. The Kier molecular flexibility index (Phi) is 5.97. The van der Waals surface area contributed by atoms with Crippen LogP contribution in [0.5, 0.6) is 0 Å². The van der Waals surface area contributed by atoms with E-state index in [-0.39, 0.29) is 6.61 Å². The molecule has 1 aromatic heterocycles. The molecule has 0 spiro atoms. The molecule has 0 aliphatic rings. The van der Waals surface area contributed by atoms with Gasteiger partial charge in [-0.2, -0.15) is 5.10 Å². The molecule has 0 radical (unpaired) electrons. The van der Waals surface area contributed by atoms with Crippen LogP contribution in [0.4, 0.5) is 0 Å². The summed E-state index contributed by atoms with van der Waals surface area (Å²) in [6, 6.07) is 1.91. The number of aliphatic hydroxyl groups is 1. The van der Waals surface area contributed by atoms with E-state index in [4.69, 9.17) is 9.84 Å². The number of aromatic nitrogens is 2. The zero-order valence-electron chi connectivity index (χ0n) is 8.22. The smallest absolute Gasteiger partial charge is 0.0698 e. The van der Waals surface area contributed by atoms with E-state index in [9.17, 15) is 0 Å². The average Bonchev–Trinajstić information content (AvgIpc) is 2.69. The summed E-state index contributed by atoms with van der Waals surface area (Å²) < 4.78 is 6.96. The van der Waals surface area contributed by atoms with E-state index >= 15 is 0 Å². The molecule has 0 aromatic carbocycles. The molecule has 0 amide bonds. The van der Waals surface area contributed by atoms with Crippen LogP contribution in [0.25, 0.3) is 0 Å². The van der Waals surface area contributed by atoms with E-state index < -0.39 is 0 Å². The molecular formula is C9H17N3O2. The van der Waals surface area contributed by atoms with Crippen molar-refractivity contribution in [1.29, 1.82) is 0 Å². The van der Waals surface area contributed by atoms with Crippen LogP contribution in [0, 0.1) is 0 Å². The predicted molar refractivity (Wildman–Crippen MR) is 53.0 cm³/mol. The van der Waals surface area contributed by atoms with Crippen molar-refractivity contribution in [3.63, 3.8) is 0 Å². The van der Waals surface area contributed by atoms with Crippen LogP contribution < -0.4 is 5.32 Å². The Labute approximate surface area is 83.7 Å². The first-order valence-corrected chi connectivity index (χ1v) is 4.80. The predicted octanol–water partition coefficient (Wildman–Crippen LogP) is -0.518. The zero-order chi connectivity index (χ0) is 10.1. The molecule has 0 aliphatic heterocycles. The van der Waals surface area contributed by atoms with Crippen LogP contribution in [0.3, 0.4) is 0 Å². The van der Waals surface area contributed by atoms with Crippen molar-refractivity contribution in [1.82, 2.24) is 15.1 Å². The maximum absolute atomic E-state index is 8.44. The minimum atomic E-state index is 0.0906. The van der Waals surface area contributed by atoms with Crippen molar-refractivity contribution in [2.75, 3.05) is 32.9 Å². The number of nitrogens with one attached hydrogen (secondary N) is 1. The van der Waals surface area contributed by atoms with Crippen LogP contribution in [-0.4, -0.2) is 47.8 Å². The molecule has 1 heterocycles. The van der Waals surface area contributed by atoms with Crippen molar-refractivity contribution in [3.8, 4) is 0 Å². The van der Waals surface area contributed by atoms with Crippen LogP contribution in [0.15, 0.2) is 18.5 Å². The normalized spacial score (nSPS) is 10.6. The number of ether oxygens (including phenoxy) is 1. The molecule has 0 fully saturated rings. The maximum atomic E-state index is 8.44. The van der Waals surface area contributed by atoms with E-state index in [0.29, 0.717) is 13.2 Å². The highest BCUT2D eigenvalue weighted by Gasteiger charge is 1.90. The molecule has 1 aromatic rings. The van der Waals surface area contributed by atoms with Crippen LogP contribution in [-0.2, 0) is 11.3 Å². The summed E-state index contributed by atoms with van der Waals surface area (Å²) in [7, 11) is 0. The second kappa shape index (κ2) is 7.49. The van der Waals surface area contributed by atoms with Gasteiger partial charge in [0.05, 0.1) is 26.4 Å². The van der Waals surface area contributed by atoms with Crippen LogP contribution >= 0.6 is 0 Å². The van der Waals surface area contributed by atoms with Gasteiger partial charge >= 0.3 is 0 Å². The lowest BCUT2D eigenvalue weighted by molar-refractivity contribution is 0.0938. The van der Waals surface area contributed by atoms with Gasteiger partial charge in [0.25, 0.3) is 0 Å². The first kappa shape index (κ1) is 11.2. The largest absolute Gasteiger partial charge is 0.394 e. The monoisotopic (exact) mass is 199 g/mol. The molecule has 0 aliphatic carbocycles. The summed E-state index contributed by atoms with van der Waals surface area (Å²) in [5.74, 6) is 0. The summed E-state index contributed by atoms with van der Waals surface area (Å²) >= 11 is 0. The molecule has 0 saturated heterocycles. The molecule has 0 unspecified atom stereocenters. The minimum absolute atomic E-state index is 0.0906. The third kappa shape index (κ3) is 4.96. The lowest BCUT2D eigenvalue weighted by atomic mass is 10.5. The molecule has 0 saturated carbocycles. The third-order valence-corrected chi connectivity index (χ3v) is 1.74. The van der Waals surface area contributed by atoms with Crippen LogP contribution in [0.2, 0.25) is 0 Å². The number of nitrogens with zero attached hydrogens (tertiary/aromatic N) is 2. The van der Waals surface area contributed by atoms with Crippen molar-refractivity contribution >= 4 is 0 Å². The Morgan fingerprint density at radius 2 is 2.29 bits per heavy atom. The molecular weight excluding hydrogens is 182 g/mol. The highest BCUT2D eigenvalue weighted by Crippen LogP contribution is 1.82. The molecule has 0 atom stereocenters. The topological polar surface area (TPSA) is 59.3 Å². The van der Waals surface area contributed by atoms with Crippen molar-refractivity contribution in [3.05, 3.63) is 18.5 Å². The Morgan fingerprint density at radius 3 is 3.00 bits per heavy atom. The van der Waals surface area contributed by atoms with Crippen molar-refractivity contribution < 1.29 is 9.84 Å². The second-order valence-corrected chi connectivity index (χ2v) is 2.86. The lowest BCUT2D eigenvalue weighted by Gasteiger charge is -2.05. The highest BCUT2D eigenvalue weighted by molar-refractivity contribution is 4.77. The first-order valence-electron chi connectivity index (χ1n) is 4.80. The van der Waals surface area contributed by atoms with Crippen molar-refractivity contribution in [2.24, 2.45) is 0 Å². The van der Waals surface area contributed by atoms with Gasteiger partial charge in [0.2, 0.25) is 0 Å². The molecule has 2 N–H and O–H groups in total. The first-order chi connectivity index (χ1) is 6.93. The van der Waals surface area contributed by atoms with Crippen LogP contribution in [0.1, 0.15) is 0 Å². The molecule has 80 valence electrons. The Morgan fingerprint density at radius 1 is 1.36 bits per heavy atom. The van der Waals surface area contributed by atoms with Gasteiger partial charge in [-0.1, -0.05) is 0 Å². The summed E-state index contributed by atoms with van der Waals surface area (Å²) in [6.07, 6.45) is 3.70. The number of hydrogen-bond acceptors (Lipinski definition) is 4. The van der Waals surface area contributed by atoms with Gasteiger partial charge in [-0.05, 0) is 6.07 Å².